The van der Waals surface area contributed by atoms with Gasteiger partial charge < -0.3 is 4.74 Å². The Hall–Kier alpha value is -1.88. The van der Waals surface area contributed by atoms with Crippen LogP contribution in [0.4, 0.5) is 0 Å². The second kappa shape index (κ2) is 4.98. The van der Waals surface area contributed by atoms with Crippen LogP contribution < -0.4 is 11.3 Å². The van der Waals surface area contributed by atoms with Crippen LogP contribution in [0, 0.1) is 0 Å². The minimum Gasteiger partial charge on any atom is -0.454 e. The van der Waals surface area contributed by atoms with E-state index in [9.17, 15) is 9.59 Å². The molecule has 0 aliphatic rings. The van der Waals surface area contributed by atoms with Gasteiger partial charge in [-0.15, -0.1) is 0 Å². The molecule has 0 aliphatic heterocycles. The normalized spacial score (nSPS) is 9.21. The smallest absolute Gasteiger partial charge is 0.398 e. The topological polar surface area (TPSA) is 81.4 Å². The van der Waals surface area contributed by atoms with Crippen molar-refractivity contribution in [3.05, 3.63) is 35.9 Å². The second-order valence-electron chi connectivity index (χ2n) is 2.54. The largest absolute Gasteiger partial charge is 0.454 e. The van der Waals surface area contributed by atoms with Gasteiger partial charge in [0.1, 0.15) is 6.61 Å². The number of nitrogens with one attached hydrogen (secondary N) is 1. The van der Waals surface area contributed by atoms with Crippen LogP contribution in [0.5, 0.6) is 0 Å². The minimum atomic E-state index is -0.989. The van der Waals surface area contributed by atoms with Gasteiger partial charge in [-0.25, -0.2) is 10.6 Å². The number of benzene rings is 1. The summed E-state index contributed by atoms with van der Waals surface area (Å²) in [6, 6.07) is 9.04. The zero-order chi connectivity index (χ0) is 10.4. The van der Waals surface area contributed by atoms with Crippen LogP contribution in [0.1, 0.15) is 5.56 Å². The van der Waals surface area contributed by atoms with Gasteiger partial charge >= 0.3 is 11.9 Å². The lowest BCUT2D eigenvalue weighted by Gasteiger charge is -2.02. The fourth-order valence-electron chi connectivity index (χ4n) is 0.848. The summed E-state index contributed by atoms with van der Waals surface area (Å²) in [6.45, 7) is 0.0626. The molecule has 1 aromatic carbocycles. The van der Waals surface area contributed by atoms with Gasteiger partial charge in [-0.1, -0.05) is 30.3 Å². The summed E-state index contributed by atoms with van der Waals surface area (Å²) >= 11 is 0. The quantitative estimate of drug-likeness (QED) is 0.223. The monoisotopic (exact) mass is 194 g/mol. The third kappa shape index (κ3) is 2.87. The highest BCUT2D eigenvalue weighted by Gasteiger charge is 2.12. The number of carbonyl (C=O) groups is 2. The molecule has 5 nitrogen and oxygen atoms in total. The molecule has 0 saturated carbocycles. The van der Waals surface area contributed by atoms with Gasteiger partial charge in [0.25, 0.3) is 0 Å². The van der Waals surface area contributed by atoms with Gasteiger partial charge in [-0.3, -0.25) is 10.2 Å². The fraction of sp³-hybridized carbons (Fsp3) is 0.111. The minimum absolute atomic E-state index is 0.0626. The van der Waals surface area contributed by atoms with Crippen molar-refractivity contribution in [3.8, 4) is 0 Å². The van der Waals surface area contributed by atoms with Crippen molar-refractivity contribution in [2.45, 2.75) is 6.61 Å². The number of ether oxygens (including phenoxy) is 1. The van der Waals surface area contributed by atoms with E-state index in [0.29, 0.717) is 0 Å². The molecule has 74 valence electrons. The van der Waals surface area contributed by atoms with Crippen molar-refractivity contribution in [1.29, 1.82) is 0 Å². The molecule has 0 heterocycles. The number of amides is 1. The molecule has 0 bridgehead atoms. The zero-order valence-electron chi connectivity index (χ0n) is 7.40. The van der Waals surface area contributed by atoms with E-state index in [4.69, 9.17) is 5.84 Å². The fourth-order valence-corrected chi connectivity index (χ4v) is 0.848. The summed E-state index contributed by atoms with van der Waals surface area (Å²) in [5.74, 6) is 2.79. The lowest BCUT2D eigenvalue weighted by Crippen LogP contribution is -2.37. The molecule has 0 aliphatic carbocycles. The van der Waals surface area contributed by atoms with Crippen LogP contribution in [0.25, 0.3) is 0 Å². The van der Waals surface area contributed by atoms with Gasteiger partial charge in [0.2, 0.25) is 0 Å². The Bertz CT molecular complexity index is 324. The number of esters is 1. The molecular formula is C9H10N2O3. The first kappa shape index (κ1) is 10.2. The van der Waals surface area contributed by atoms with Gasteiger partial charge in [0.05, 0.1) is 0 Å². The molecule has 0 unspecified atom stereocenters. The van der Waals surface area contributed by atoms with Gasteiger partial charge in [-0.05, 0) is 5.56 Å². The van der Waals surface area contributed by atoms with Crippen molar-refractivity contribution in [1.82, 2.24) is 5.43 Å². The maximum Gasteiger partial charge on any atom is 0.398 e. The molecule has 5 heteroatoms. The number of nitrogens with two attached hydrogens (primary N) is 1. The van der Waals surface area contributed by atoms with Crippen LogP contribution >= 0.6 is 0 Å². The molecule has 0 aromatic heterocycles. The van der Waals surface area contributed by atoms with Crippen molar-refractivity contribution in [2.75, 3.05) is 0 Å². The summed E-state index contributed by atoms with van der Waals surface area (Å²) in [7, 11) is 0. The molecule has 1 rings (SSSR count). The lowest BCUT2D eigenvalue weighted by atomic mass is 10.2. The highest BCUT2D eigenvalue weighted by Crippen LogP contribution is 2.00. The summed E-state index contributed by atoms with van der Waals surface area (Å²) < 4.78 is 4.65. The molecule has 0 fully saturated rings. The number of hydrogen-bond donors (Lipinski definition) is 2. The third-order valence-electron chi connectivity index (χ3n) is 1.53. The predicted molar refractivity (Wildman–Crippen MR) is 48.6 cm³/mol. The summed E-state index contributed by atoms with van der Waals surface area (Å²) in [5, 5.41) is 0. The van der Waals surface area contributed by atoms with Crippen molar-refractivity contribution in [3.63, 3.8) is 0 Å². The molecule has 3 N–H and O–H groups in total. The average Bonchev–Trinajstić information content (AvgIpc) is 2.26. The Labute approximate surface area is 80.8 Å². The second-order valence-corrected chi connectivity index (χ2v) is 2.54. The molecule has 0 atom stereocenters. The van der Waals surface area contributed by atoms with E-state index < -0.39 is 11.9 Å². The summed E-state index contributed by atoms with van der Waals surface area (Å²) in [5.41, 5.74) is 2.50. The highest BCUT2D eigenvalue weighted by atomic mass is 16.5. The Kier molecular flexibility index (Phi) is 3.63. The lowest BCUT2D eigenvalue weighted by molar-refractivity contribution is -0.155. The number of rotatable bonds is 2. The first-order chi connectivity index (χ1) is 6.74. The van der Waals surface area contributed by atoms with E-state index in [2.05, 4.69) is 4.74 Å². The SMILES string of the molecule is NNC(=O)C(=O)OCc1ccccc1. The maximum absolute atomic E-state index is 10.8. The third-order valence-corrected chi connectivity index (χ3v) is 1.53. The molecular weight excluding hydrogens is 184 g/mol. The van der Waals surface area contributed by atoms with Crippen LogP contribution in [-0.2, 0) is 20.9 Å². The molecule has 0 spiro atoms. The number of hydrogen-bond acceptors (Lipinski definition) is 4. The standard InChI is InChI=1S/C9H10N2O3/c10-11-8(12)9(13)14-6-7-4-2-1-3-5-7/h1-5H,6,10H2,(H,11,12). The predicted octanol–water partition coefficient (Wildman–Crippen LogP) is -0.280. The van der Waals surface area contributed by atoms with E-state index in [-0.39, 0.29) is 6.61 Å². The van der Waals surface area contributed by atoms with Crippen LogP contribution in [0.15, 0.2) is 30.3 Å². The molecule has 0 radical (unpaired) electrons. The zero-order valence-corrected chi connectivity index (χ0v) is 7.40. The average molecular weight is 194 g/mol. The molecule has 14 heavy (non-hydrogen) atoms. The maximum atomic E-state index is 10.8. The Morgan fingerprint density at radius 1 is 1.29 bits per heavy atom. The van der Waals surface area contributed by atoms with E-state index in [1.165, 1.54) is 0 Å². The van der Waals surface area contributed by atoms with E-state index in [1.54, 1.807) is 17.6 Å². The Balaban J connectivity index is 2.42. The first-order valence-corrected chi connectivity index (χ1v) is 3.95. The molecule has 0 saturated heterocycles. The summed E-state index contributed by atoms with van der Waals surface area (Å²) in [6.07, 6.45) is 0. The van der Waals surface area contributed by atoms with Crippen molar-refractivity contribution >= 4 is 11.9 Å². The van der Waals surface area contributed by atoms with Crippen molar-refractivity contribution < 1.29 is 14.3 Å². The molecule has 1 amide bonds. The van der Waals surface area contributed by atoms with Crippen molar-refractivity contribution in [2.24, 2.45) is 5.84 Å². The Morgan fingerprint density at radius 3 is 2.50 bits per heavy atom. The van der Waals surface area contributed by atoms with Gasteiger partial charge in [0, 0.05) is 0 Å². The van der Waals surface area contributed by atoms with E-state index in [0.717, 1.165) is 5.56 Å². The van der Waals surface area contributed by atoms with E-state index >= 15 is 0 Å². The highest BCUT2D eigenvalue weighted by molar-refractivity contribution is 6.32. The number of carbonyl (C=O) groups excluding carboxylic acids is 2. The van der Waals surface area contributed by atoms with E-state index in [1.807, 2.05) is 18.2 Å². The number of hydrazine groups is 1. The molecule has 1 aromatic rings. The van der Waals surface area contributed by atoms with Crippen LogP contribution in [-0.4, -0.2) is 11.9 Å². The van der Waals surface area contributed by atoms with Crippen LogP contribution in [0.3, 0.4) is 0 Å². The summed E-state index contributed by atoms with van der Waals surface area (Å²) in [4.78, 5) is 21.5. The van der Waals surface area contributed by atoms with Gasteiger partial charge in [0.15, 0.2) is 0 Å². The van der Waals surface area contributed by atoms with Gasteiger partial charge in [-0.2, -0.15) is 0 Å². The van der Waals surface area contributed by atoms with Crippen LogP contribution in [0.2, 0.25) is 0 Å². The first-order valence-electron chi connectivity index (χ1n) is 3.95. The Morgan fingerprint density at radius 2 is 1.93 bits per heavy atom.